The molecule has 0 fully saturated rings. The lowest BCUT2D eigenvalue weighted by molar-refractivity contribution is 0.241. The molecule has 0 aromatic heterocycles. The number of hydrogen-bond acceptors (Lipinski definition) is 1. The Bertz CT molecular complexity index is 605. The van der Waals surface area contributed by atoms with E-state index in [0.29, 0.717) is 13.1 Å². The van der Waals surface area contributed by atoms with Crippen LogP contribution >= 0.6 is 0 Å². The van der Waals surface area contributed by atoms with E-state index in [1.807, 2.05) is 6.07 Å². The summed E-state index contributed by atoms with van der Waals surface area (Å²) in [5, 5.41) is 5.79. The van der Waals surface area contributed by atoms with Crippen LogP contribution in [-0.2, 0) is 12.8 Å². The Kier molecular flexibility index (Phi) is 6.01. The van der Waals surface area contributed by atoms with E-state index >= 15 is 0 Å². The zero-order valence-corrected chi connectivity index (χ0v) is 13.4. The predicted octanol–water partition coefficient (Wildman–Crippen LogP) is 3.39. The van der Waals surface area contributed by atoms with Crippen LogP contribution in [0.2, 0.25) is 0 Å². The number of hydrogen-bond donors (Lipinski definition) is 2. The maximum absolute atomic E-state index is 11.7. The number of carbonyl (C=O) groups excluding carboxylic acids is 1. The molecule has 0 aliphatic heterocycles. The molecule has 3 nitrogen and oxygen atoms in total. The first-order valence-corrected chi connectivity index (χ1v) is 7.76. The Labute approximate surface area is 132 Å². The molecule has 2 amide bonds. The highest BCUT2D eigenvalue weighted by molar-refractivity contribution is 5.73. The Hall–Kier alpha value is -2.29. The van der Waals surface area contributed by atoms with Gasteiger partial charge in [0.15, 0.2) is 0 Å². The molecule has 0 aliphatic rings. The van der Waals surface area contributed by atoms with Crippen molar-refractivity contribution in [2.45, 2.75) is 26.7 Å². The van der Waals surface area contributed by atoms with Gasteiger partial charge in [-0.25, -0.2) is 4.79 Å². The lowest BCUT2D eigenvalue weighted by atomic mass is 10.1. The van der Waals surface area contributed by atoms with Crippen molar-refractivity contribution in [1.82, 2.24) is 10.6 Å². The minimum Gasteiger partial charge on any atom is -0.338 e. The highest BCUT2D eigenvalue weighted by Crippen LogP contribution is 2.04. The Morgan fingerprint density at radius 1 is 0.818 bits per heavy atom. The highest BCUT2D eigenvalue weighted by Gasteiger charge is 2.00. The molecule has 0 heterocycles. The summed E-state index contributed by atoms with van der Waals surface area (Å²) in [5.41, 5.74) is 5.00. The largest absolute Gasteiger partial charge is 0.338 e. The molecule has 116 valence electrons. The number of rotatable bonds is 6. The van der Waals surface area contributed by atoms with E-state index in [2.05, 4.69) is 66.9 Å². The van der Waals surface area contributed by atoms with E-state index < -0.39 is 0 Å². The summed E-state index contributed by atoms with van der Waals surface area (Å²) in [6.45, 7) is 5.46. The number of carbonyl (C=O) groups is 1. The summed E-state index contributed by atoms with van der Waals surface area (Å²) in [5.74, 6) is 0. The maximum Gasteiger partial charge on any atom is 0.314 e. The van der Waals surface area contributed by atoms with Gasteiger partial charge >= 0.3 is 6.03 Å². The van der Waals surface area contributed by atoms with Gasteiger partial charge in [0.05, 0.1) is 0 Å². The topological polar surface area (TPSA) is 41.1 Å². The predicted molar refractivity (Wildman–Crippen MR) is 91.2 cm³/mol. The Balaban J connectivity index is 1.62. The van der Waals surface area contributed by atoms with Crippen molar-refractivity contribution in [3.8, 4) is 0 Å². The van der Waals surface area contributed by atoms with E-state index in [0.717, 1.165) is 12.8 Å². The van der Waals surface area contributed by atoms with E-state index in [4.69, 9.17) is 0 Å². The molecule has 0 radical (unpaired) electrons. The summed E-state index contributed by atoms with van der Waals surface area (Å²) in [6.07, 6.45) is 1.71. The minimum absolute atomic E-state index is 0.0974. The van der Waals surface area contributed by atoms with Gasteiger partial charge in [-0.3, -0.25) is 0 Å². The summed E-state index contributed by atoms with van der Waals surface area (Å²) >= 11 is 0. The normalized spacial score (nSPS) is 10.3. The van der Waals surface area contributed by atoms with Crippen LogP contribution in [0.15, 0.2) is 48.5 Å². The van der Waals surface area contributed by atoms with Gasteiger partial charge in [-0.2, -0.15) is 0 Å². The van der Waals surface area contributed by atoms with Crippen LogP contribution in [-0.4, -0.2) is 19.1 Å². The monoisotopic (exact) mass is 296 g/mol. The highest BCUT2D eigenvalue weighted by atomic mass is 16.2. The molecule has 0 spiro atoms. The molecule has 0 saturated carbocycles. The van der Waals surface area contributed by atoms with Gasteiger partial charge in [-0.15, -0.1) is 0 Å². The minimum atomic E-state index is -0.0974. The molecule has 2 aromatic rings. The standard InChI is InChI=1S/C19H24N2O/c1-15-6-8-17(9-7-15)10-12-20-19(22)21-13-11-18-5-3-4-16(2)14-18/h3-9,14H,10-13H2,1-2H3,(H2,20,21,22). The van der Waals surface area contributed by atoms with E-state index in [-0.39, 0.29) is 6.03 Å². The van der Waals surface area contributed by atoms with Crippen molar-refractivity contribution in [3.05, 3.63) is 70.8 Å². The molecule has 22 heavy (non-hydrogen) atoms. The quantitative estimate of drug-likeness (QED) is 0.843. The maximum atomic E-state index is 11.7. The summed E-state index contributed by atoms with van der Waals surface area (Å²) < 4.78 is 0. The molecule has 0 bridgehead atoms. The molecule has 2 aromatic carbocycles. The second-order valence-corrected chi connectivity index (χ2v) is 5.66. The van der Waals surface area contributed by atoms with Gasteiger partial charge in [0, 0.05) is 13.1 Å². The van der Waals surface area contributed by atoms with Gasteiger partial charge in [0.25, 0.3) is 0 Å². The lowest BCUT2D eigenvalue weighted by Gasteiger charge is -2.08. The molecule has 3 heteroatoms. The molecule has 0 unspecified atom stereocenters. The van der Waals surface area contributed by atoms with Crippen LogP contribution in [0.4, 0.5) is 4.79 Å². The van der Waals surface area contributed by atoms with Gasteiger partial charge in [-0.05, 0) is 37.8 Å². The Morgan fingerprint density at radius 3 is 2.09 bits per heavy atom. The van der Waals surface area contributed by atoms with Gasteiger partial charge in [0.2, 0.25) is 0 Å². The fourth-order valence-corrected chi connectivity index (χ4v) is 2.33. The lowest BCUT2D eigenvalue weighted by Crippen LogP contribution is -2.37. The number of aryl methyl sites for hydroxylation is 2. The van der Waals surface area contributed by atoms with Gasteiger partial charge in [0.1, 0.15) is 0 Å². The van der Waals surface area contributed by atoms with Crippen LogP contribution in [0.1, 0.15) is 22.3 Å². The van der Waals surface area contributed by atoms with Crippen LogP contribution in [0.3, 0.4) is 0 Å². The number of benzene rings is 2. The van der Waals surface area contributed by atoms with E-state index in [1.165, 1.54) is 22.3 Å². The Morgan fingerprint density at radius 2 is 1.45 bits per heavy atom. The molecular weight excluding hydrogens is 272 g/mol. The van der Waals surface area contributed by atoms with Crippen LogP contribution in [0.5, 0.6) is 0 Å². The molecule has 0 saturated heterocycles. The molecule has 2 N–H and O–H groups in total. The first-order chi connectivity index (χ1) is 10.6. The second-order valence-electron chi connectivity index (χ2n) is 5.66. The average Bonchev–Trinajstić information content (AvgIpc) is 2.49. The molecule has 0 aliphatic carbocycles. The van der Waals surface area contributed by atoms with Crippen molar-refractivity contribution in [1.29, 1.82) is 0 Å². The average molecular weight is 296 g/mol. The summed E-state index contributed by atoms with van der Waals surface area (Å²) in [7, 11) is 0. The van der Waals surface area contributed by atoms with Crippen LogP contribution in [0, 0.1) is 13.8 Å². The fourth-order valence-electron chi connectivity index (χ4n) is 2.33. The van der Waals surface area contributed by atoms with Crippen molar-refractivity contribution >= 4 is 6.03 Å². The first-order valence-electron chi connectivity index (χ1n) is 7.76. The smallest absolute Gasteiger partial charge is 0.314 e. The van der Waals surface area contributed by atoms with Gasteiger partial charge in [-0.1, -0.05) is 59.7 Å². The SMILES string of the molecule is Cc1ccc(CCNC(=O)NCCc2cccc(C)c2)cc1. The molecule has 0 atom stereocenters. The summed E-state index contributed by atoms with van der Waals surface area (Å²) in [4.78, 5) is 11.7. The van der Waals surface area contributed by atoms with Crippen LogP contribution in [0.25, 0.3) is 0 Å². The van der Waals surface area contributed by atoms with Crippen molar-refractivity contribution in [3.63, 3.8) is 0 Å². The number of amides is 2. The van der Waals surface area contributed by atoms with Crippen molar-refractivity contribution in [2.24, 2.45) is 0 Å². The van der Waals surface area contributed by atoms with E-state index in [1.54, 1.807) is 0 Å². The summed E-state index contributed by atoms with van der Waals surface area (Å²) in [6, 6.07) is 16.7. The van der Waals surface area contributed by atoms with Crippen molar-refractivity contribution in [2.75, 3.05) is 13.1 Å². The number of nitrogens with one attached hydrogen (secondary N) is 2. The molecule has 2 rings (SSSR count). The third-order valence-electron chi connectivity index (χ3n) is 3.60. The zero-order valence-electron chi connectivity index (χ0n) is 13.4. The van der Waals surface area contributed by atoms with Crippen molar-refractivity contribution < 1.29 is 4.79 Å². The first kappa shape index (κ1) is 16.1. The van der Waals surface area contributed by atoms with Gasteiger partial charge < -0.3 is 10.6 Å². The zero-order chi connectivity index (χ0) is 15.8. The second kappa shape index (κ2) is 8.23. The third kappa shape index (κ3) is 5.60. The molecular formula is C19H24N2O. The van der Waals surface area contributed by atoms with Crippen LogP contribution < -0.4 is 10.6 Å². The fraction of sp³-hybridized carbons (Fsp3) is 0.316. The van der Waals surface area contributed by atoms with E-state index in [9.17, 15) is 4.79 Å². The third-order valence-corrected chi connectivity index (χ3v) is 3.60. The number of urea groups is 1.